The molecule has 0 radical (unpaired) electrons. The van der Waals surface area contributed by atoms with Crippen LogP contribution in [0, 0.1) is 17.1 Å². The quantitative estimate of drug-likeness (QED) is 0.800. The van der Waals surface area contributed by atoms with E-state index in [2.05, 4.69) is 15.6 Å². The molecule has 18 heavy (non-hydrogen) atoms. The molecule has 92 valence electrons. The zero-order valence-electron chi connectivity index (χ0n) is 9.67. The number of rotatable bonds is 5. The van der Waals surface area contributed by atoms with Crippen molar-refractivity contribution in [3.63, 3.8) is 0 Å². The first-order chi connectivity index (χ1) is 8.79. The van der Waals surface area contributed by atoms with Gasteiger partial charge in [0.2, 0.25) is 0 Å². The van der Waals surface area contributed by atoms with Crippen molar-refractivity contribution in [3.8, 4) is 6.07 Å². The summed E-state index contributed by atoms with van der Waals surface area (Å²) in [5.41, 5.74) is 0.881. The van der Waals surface area contributed by atoms with Gasteiger partial charge in [-0.2, -0.15) is 5.26 Å². The Kier molecular flexibility index (Phi) is 3.99. The molecule has 6 heteroatoms. The van der Waals surface area contributed by atoms with Crippen molar-refractivity contribution in [1.82, 2.24) is 20.3 Å². The number of aromatic nitrogens is 3. The van der Waals surface area contributed by atoms with Gasteiger partial charge in [-0.3, -0.25) is 4.68 Å². The number of benzene rings is 1. The second kappa shape index (κ2) is 5.89. The molecular formula is C12H12FN5. The second-order valence-corrected chi connectivity index (χ2v) is 3.76. The maximum Gasteiger partial charge on any atom is 0.129 e. The average Bonchev–Trinajstić information content (AvgIpc) is 2.89. The number of halogens is 1. The number of hydrogen-bond acceptors (Lipinski definition) is 4. The monoisotopic (exact) mass is 245 g/mol. The minimum Gasteiger partial charge on any atom is -0.311 e. The largest absolute Gasteiger partial charge is 0.311 e. The van der Waals surface area contributed by atoms with E-state index in [-0.39, 0.29) is 5.82 Å². The van der Waals surface area contributed by atoms with E-state index in [1.165, 1.54) is 6.07 Å². The van der Waals surface area contributed by atoms with Gasteiger partial charge >= 0.3 is 0 Å². The van der Waals surface area contributed by atoms with Crippen LogP contribution in [-0.4, -0.2) is 21.5 Å². The van der Waals surface area contributed by atoms with Gasteiger partial charge in [0, 0.05) is 24.8 Å². The predicted molar refractivity (Wildman–Crippen MR) is 62.8 cm³/mol. The van der Waals surface area contributed by atoms with E-state index in [0.717, 1.165) is 0 Å². The number of nitriles is 1. The van der Waals surface area contributed by atoms with Gasteiger partial charge in [0.1, 0.15) is 5.82 Å². The fourth-order valence-corrected chi connectivity index (χ4v) is 1.53. The van der Waals surface area contributed by atoms with Gasteiger partial charge in [-0.25, -0.2) is 4.39 Å². The summed E-state index contributed by atoms with van der Waals surface area (Å²) in [7, 11) is 0. The third-order valence-corrected chi connectivity index (χ3v) is 2.49. The van der Waals surface area contributed by atoms with Crippen molar-refractivity contribution >= 4 is 0 Å². The smallest absolute Gasteiger partial charge is 0.129 e. The summed E-state index contributed by atoms with van der Waals surface area (Å²) >= 11 is 0. The first-order valence-electron chi connectivity index (χ1n) is 5.53. The fourth-order valence-electron chi connectivity index (χ4n) is 1.53. The molecule has 0 bridgehead atoms. The maximum atomic E-state index is 13.5. The Morgan fingerprint density at radius 2 is 2.33 bits per heavy atom. The summed E-state index contributed by atoms with van der Waals surface area (Å²) < 4.78 is 15.2. The predicted octanol–water partition coefficient (Wildman–Crippen LogP) is 1.08. The lowest BCUT2D eigenvalue weighted by Gasteiger charge is -2.06. The lowest BCUT2D eigenvalue weighted by atomic mass is 10.1. The molecule has 0 unspecified atom stereocenters. The molecule has 0 aliphatic heterocycles. The molecule has 1 N–H and O–H groups in total. The topological polar surface area (TPSA) is 66.5 Å². The summed E-state index contributed by atoms with van der Waals surface area (Å²) in [6, 6.07) is 6.38. The van der Waals surface area contributed by atoms with Gasteiger partial charge in [0.05, 0.1) is 24.4 Å². The first kappa shape index (κ1) is 12.2. The molecule has 0 aliphatic carbocycles. The molecule has 0 aliphatic rings. The average molecular weight is 245 g/mol. The highest BCUT2D eigenvalue weighted by Crippen LogP contribution is 2.09. The Labute approximate surface area is 104 Å². The van der Waals surface area contributed by atoms with E-state index in [0.29, 0.717) is 30.8 Å². The normalized spacial score (nSPS) is 10.2. The van der Waals surface area contributed by atoms with Crippen LogP contribution in [0.4, 0.5) is 4.39 Å². The van der Waals surface area contributed by atoms with Gasteiger partial charge in [-0.1, -0.05) is 11.3 Å². The van der Waals surface area contributed by atoms with Crippen LogP contribution in [0.3, 0.4) is 0 Å². The zero-order chi connectivity index (χ0) is 12.8. The molecular weight excluding hydrogens is 233 g/mol. The summed E-state index contributed by atoms with van der Waals surface area (Å²) in [5, 5.41) is 19.2. The highest BCUT2D eigenvalue weighted by molar-refractivity contribution is 5.32. The second-order valence-electron chi connectivity index (χ2n) is 3.76. The fraction of sp³-hybridized carbons (Fsp3) is 0.250. The Hall–Kier alpha value is -2.26. The van der Waals surface area contributed by atoms with Crippen LogP contribution in [-0.2, 0) is 13.1 Å². The van der Waals surface area contributed by atoms with Crippen LogP contribution in [0.2, 0.25) is 0 Å². The SMILES string of the molecule is N#Cc1ccc(CNCCn2ccnn2)c(F)c1. The Morgan fingerprint density at radius 3 is 3.00 bits per heavy atom. The van der Waals surface area contributed by atoms with Crippen molar-refractivity contribution < 1.29 is 4.39 Å². The van der Waals surface area contributed by atoms with Crippen molar-refractivity contribution in [2.45, 2.75) is 13.1 Å². The molecule has 1 aromatic heterocycles. The molecule has 0 atom stereocenters. The maximum absolute atomic E-state index is 13.5. The zero-order valence-corrected chi connectivity index (χ0v) is 9.67. The van der Waals surface area contributed by atoms with Crippen molar-refractivity contribution in [2.24, 2.45) is 0 Å². The summed E-state index contributed by atoms with van der Waals surface area (Å²) in [6.07, 6.45) is 3.38. The third-order valence-electron chi connectivity index (χ3n) is 2.49. The standard InChI is InChI=1S/C12H12FN5/c13-12-7-10(8-14)1-2-11(12)9-15-3-5-18-6-4-16-17-18/h1-2,4,6-7,15H,3,5,9H2. The van der Waals surface area contributed by atoms with Gasteiger partial charge in [0.15, 0.2) is 0 Å². The highest BCUT2D eigenvalue weighted by atomic mass is 19.1. The van der Waals surface area contributed by atoms with E-state index in [9.17, 15) is 4.39 Å². The molecule has 0 amide bonds. The van der Waals surface area contributed by atoms with E-state index in [1.807, 2.05) is 6.07 Å². The molecule has 0 spiro atoms. The van der Waals surface area contributed by atoms with E-state index in [4.69, 9.17) is 5.26 Å². The molecule has 0 saturated carbocycles. The molecule has 2 rings (SSSR count). The number of nitrogens with zero attached hydrogens (tertiary/aromatic N) is 4. The van der Waals surface area contributed by atoms with Crippen molar-refractivity contribution in [2.75, 3.05) is 6.54 Å². The third kappa shape index (κ3) is 3.12. The van der Waals surface area contributed by atoms with Crippen LogP contribution in [0.1, 0.15) is 11.1 Å². The Bertz CT molecular complexity index is 544. The molecule has 0 fully saturated rings. The van der Waals surface area contributed by atoms with E-state index < -0.39 is 0 Å². The Balaban J connectivity index is 1.82. The summed E-state index contributed by atoms with van der Waals surface area (Å²) in [6.45, 7) is 1.77. The van der Waals surface area contributed by atoms with Gasteiger partial charge in [-0.05, 0) is 12.1 Å². The lowest BCUT2D eigenvalue weighted by Crippen LogP contribution is -2.20. The van der Waals surface area contributed by atoms with Gasteiger partial charge in [-0.15, -0.1) is 5.10 Å². The van der Waals surface area contributed by atoms with Crippen molar-refractivity contribution in [1.29, 1.82) is 5.26 Å². The molecule has 1 heterocycles. The van der Waals surface area contributed by atoms with Crippen LogP contribution in [0.15, 0.2) is 30.6 Å². The molecule has 1 aromatic carbocycles. The number of hydrogen-bond donors (Lipinski definition) is 1. The van der Waals surface area contributed by atoms with Gasteiger partial charge < -0.3 is 5.32 Å². The molecule has 2 aromatic rings. The van der Waals surface area contributed by atoms with E-state index in [1.54, 1.807) is 29.2 Å². The Morgan fingerprint density at radius 1 is 1.44 bits per heavy atom. The van der Waals surface area contributed by atoms with Crippen LogP contribution in [0.5, 0.6) is 0 Å². The minimum absolute atomic E-state index is 0.332. The van der Waals surface area contributed by atoms with Crippen LogP contribution < -0.4 is 5.32 Å². The molecule has 0 saturated heterocycles. The highest BCUT2D eigenvalue weighted by Gasteiger charge is 2.02. The molecule has 5 nitrogen and oxygen atoms in total. The van der Waals surface area contributed by atoms with Crippen molar-refractivity contribution in [3.05, 3.63) is 47.5 Å². The summed E-state index contributed by atoms with van der Waals surface area (Å²) in [5.74, 6) is -0.359. The summed E-state index contributed by atoms with van der Waals surface area (Å²) in [4.78, 5) is 0. The minimum atomic E-state index is -0.359. The van der Waals surface area contributed by atoms with Crippen LogP contribution in [0.25, 0.3) is 0 Å². The van der Waals surface area contributed by atoms with E-state index >= 15 is 0 Å². The van der Waals surface area contributed by atoms with Crippen LogP contribution >= 0.6 is 0 Å². The van der Waals surface area contributed by atoms with Gasteiger partial charge in [0.25, 0.3) is 0 Å². The lowest BCUT2D eigenvalue weighted by molar-refractivity contribution is 0.529. The first-order valence-corrected chi connectivity index (χ1v) is 5.53. The number of nitrogens with one attached hydrogen (secondary N) is 1.